The van der Waals surface area contributed by atoms with Crippen LogP contribution in [0.5, 0.6) is 5.75 Å². The van der Waals surface area contributed by atoms with Crippen LogP contribution in [0.15, 0.2) is 36.4 Å². The summed E-state index contributed by atoms with van der Waals surface area (Å²) < 4.78 is 55.0. The summed E-state index contributed by atoms with van der Waals surface area (Å²) in [7, 11) is 0. The molecule has 0 saturated heterocycles. The van der Waals surface area contributed by atoms with Crippen molar-refractivity contribution in [3.8, 4) is 11.8 Å². The first-order chi connectivity index (χ1) is 13.1. The number of anilines is 1. The van der Waals surface area contributed by atoms with Crippen LogP contribution >= 0.6 is 11.6 Å². The van der Waals surface area contributed by atoms with Gasteiger partial charge in [-0.15, -0.1) is 0 Å². The van der Waals surface area contributed by atoms with Gasteiger partial charge in [-0.3, -0.25) is 4.79 Å². The summed E-state index contributed by atoms with van der Waals surface area (Å²) in [5, 5.41) is 19.7. The number of hydrogen-bond donors (Lipinski definition) is 2. The standard InChI is InChI=1S/C16H8ClF4N3O4.Na.H/c17-12-8(7-22)5-6-10(13(12)24(26)27)23-14(25)9-3-1-2-4-11(9)28-16(20,21)15(18)19;;/h1-6,15H,(H-,23,25,26,27);;/p+1. The number of para-hydroxylation sites is 1. The normalized spacial score (nSPS) is 10.7. The van der Waals surface area contributed by atoms with Crippen LogP contribution in [0.1, 0.15) is 15.9 Å². The van der Waals surface area contributed by atoms with Gasteiger partial charge in [-0.1, -0.05) is 23.7 Å². The first-order valence-corrected chi connectivity index (χ1v) is 7.60. The molecule has 148 valence electrons. The number of benzene rings is 2. The Morgan fingerprint density at radius 3 is 2.45 bits per heavy atom. The minimum atomic E-state index is -4.85. The maximum atomic E-state index is 13.2. The molecule has 0 spiro atoms. The summed E-state index contributed by atoms with van der Waals surface area (Å²) in [6.45, 7) is 0. The summed E-state index contributed by atoms with van der Waals surface area (Å²) in [4.78, 5) is 23.0. The Kier molecular flexibility index (Phi) is 8.40. The first kappa shape index (κ1) is 24.6. The number of nitrogens with zero attached hydrogens (tertiary/aromatic N) is 2. The Balaban J connectivity index is 0.00000420. The van der Waals surface area contributed by atoms with E-state index in [0.717, 1.165) is 24.3 Å². The average molecular weight is 443 g/mol. The van der Waals surface area contributed by atoms with Crippen molar-refractivity contribution in [2.75, 3.05) is 5.32 Å². The number of rotatable bonds is 6. The Morgan fingerprint density at radius 2 is 1.90 bits per heavy atom. The molecule has 0 bridgehead atoms. The molecule has 2 rings (SSSR count). The number of carbonyl (C=O) groups excluding carboxylic acids is 1. The molecule has 1 amide bonds. The van der Waals surface area contributed by atoms with Gasteiger partial charge in [0.25, 0.3) is 10.8 Å². The Morgan fingerprint density at radius 1 is 1.28 bits per heavy atom. The third-order valence-electron chi connectivity index (χ3n) is 3.31. The first-order valence-electron chi connectivity index (χ1n) is 7.22. The average Bonchev–Trinajstić information content (AvgIpc) is 2.61. The fourth-order valence-corrected chi connectivity index (χ4v) is 2.34. The van der Waals surface area contributed by atoms with Crippen LogP contribution in [0.25, 0.3) is 0 Å². The van der Waals surface area contributed by atoms with E-state index in [4.69, 9.17) is 16.9 Å². The third kappa shape index (κ3) is 5.57. The molecule has 13 heteroatoms. The van der Waals surface area contributed by atoms with Crippen LogP contribution in [0, 0.1) is 16.2 Å². The van der Waals surface area contributed by atoms with Crippen LogP contribution in [0.4, 0.5) is 28.9 Å². The van der Waals surface area contributed by atoms with Crippen molar-refractivity contribution in [2.24, 2.45) is 0 Å². The number of ether oxygens (including phenoxy) is 1. The van der Waals surface area contributed by atoms with Gasteiger partial charge >= 0.3 is 47.8 Å². The van der Waals surface area contributed by atoms with E-state index in [0.29, 0.717) is 0 Å². The van der Waals surface area contributed by atoms with Crippen molar-refractivity contribution in [2.45, 2.75) is 12.5 Å². The second-order valence-corrected chi connectivity index (χ2v) is 5.50. The van der Waals surface area contributed by atoms with E-state index >= 15 is 0 Å². The molecule has 2 aromatic rings. The van der Waals surface area contributed by atoms with Crippen molar-refractivity contribution >= 4 is 58.4 Å². The summed E-state index contributed by atoms with van der Waals surface area (Å²) >= 11 is 5.81. The van der Waals surface area contributed by atoms with Gasteiger partial charge in [0.2, 0.25) is 0 Å². The number of halogens is 5. The van der Waals surface area contributed by atoms with Crippen molar-refractivity contribution < 1.29 is 37.2 Å². The quantitative estimate of drug-likeness (QED) is 0.402. The number of hydrogen-bond acceptors (Lipinski definition) is 4. The van der Waals surface area contributed by atoms with Gasteiger partial charge in [0.1, 0.15) is 22.5 Å². The van der Waals surface area contributed by atoms with Gasteiger partial charge in [-0.25, -0.2) is 5.21 Å². The zero-order valence-corrected chi connectivity index (χ0v) is 14.3. The molecule has 2 N–H and O–H groups in total. The molecule has 0 heterocycles. The Labute approximate surface area is 187 Å². The van der Waals surface area contributed by atoms with E-state index in [-0.39, 0.29) is 40.8 Å². The van der Waals surface area contributed by atoms with Crippen molar-refractivity contribution in [1.29, 1.82) is 5.26 Å². The van der Waals surface area contributed by atoms with Gasteiger partial charge in [0, 0.05) is 0 Å². The predicted octanol–water partition coefficient (Wildman–Crippen LogP) is 3.85. The maximum absolute atomic E-state index is 13.2. The molecule has 0 saturated carbocycles. The molecule has 0 aliphatic rings. The van der Waals surface area contributed by atoms with E-state index in [2.05, 4.69) is 10.1 Å². The van der Waals surface area contributed by atoms with Gasteiger partial charge in [-0.2, -0.15) is 22.8 Å². The van der Waals surface area contributed by atoms with Crippen molar-refractivity contribution in [1.82, 2.24) is 0 Å². The van der Waals surface area contributed by atoms with Gasteiger partial charge in [-0.05, 0) is 24.3 Å². The minimum absolute atomic E-state index is 0. The second kappa shape index (κ2) is 9.89. The van der Waals surface area contributed by atoms with Crippen LogP contribution in [0.2, 0.25) is 5.02 Å². The summed E-state index contributed by atoms with van der Waals surface area (Å²) in [6, 6.07) is 8.12. The Bertz CT molecular complexity index is 985. The number of carbonyl (C=O) groups is 1. The van der Waals surface area contributed by atoms with Crippen LogP contribution < -0.4 is 10.1 Å². The van der Waals surface area contributed by atoms with Crippen LogP contribution in [-0.2, 0) is 0 Å². The molecule has 0 aliphatic heterocycles. The van der Waals surface area contributed by atoms with E-state index < -0.39 is 45.4 Å². The van der Waals surface area contributed by atoms with Crippen LogP contribution in [-0.4, -0.2) is 58.1 Å². The predicted molar refractivity (Wildman–Crippen MR) is 94.4 cm³/mol. The molecule has 0 aromatic heterocycles. The van der Waals surface area contributed by atoms with Crippen molar-refractivity contribution in [3.63, 3.8) is 0 Å². The van der Waals surface area contributed by atoms with Gasteiger partial charge in [0.05, 0.1) is 16.0 Å². The number of nitriles is 1. The number of alkyl halides is 4. The molecule has 0 unspecified atom stereocenters. The molecule has 29 heavy (non-hydrogen) atoms. The molecular weight excluding hydrogens is 433 g/mol. The van der Waals surface area contributed by atoms with Gasteiger partial charge in [0.15, 0.2) is 0 Å². The second-order valence-electron chi connectivity index (χ2n) is 5.12. The third-order valence-corrected chi connectivity index (χ3v) is 3.69. The topological polar surface area (TPSA) is 102 Å². The molecule has 7 nitrogen and oxygen atoms in total. The summed E-state index contributed by atoms with van der Waals surface area (Å²) in [5.74, 6) is -1.99. The van der Waals surface area contributed by atoms with Gasteiger partial charge < -0.3 is 10.1 Å². The monoisotopic (exact) mass is 442 g/mol. The molecule has 2 aromatic carbocycles. The summed E-state index contributed by atoms with van der Waals surface area (Å²) in [5.41, 5.74) is -1.82. The number of amides is 1. The van der Waals surface area contributed by atoms with E-state index in [9.17, 15) is 32.5 Å². The molecule has 0 radical (unpaired) electrons. The molecule has 0 atom stereocenters. The fourth-order valence-electron chi connectivity index (χ4n) is 2.06. The SMILES string of the molecule is N#Cc1ccc(NC(=O)c2ccccc2OC(F)(F)C(F)F)c([N+](=O)O)c1Cl.[NaH]. The zero-order chi connectivity index (χ0) is 21.1. The fraction of sp³-hybridized carbons (Fsp3) is 0.125. The van der Waals surface area contributed by atoms with Crippen LogP contribution in [0.3, 0.4) is 0 Å². The van der Waals surface area contributed by atoms with E-state index in [1.54, 1.807) is 6.07 Å². The summed E-state index contributed by atoms with van der Waals surface area (Å²) in [6.07, 6.45) is -8.99. The number of nitrogens with one attached hydrogen (secondary N) is 1. The molecule has 0 aliphatic carbocycles. The molecular formula is C16H10ClF4N3NaO4+. The van der Waals surface area contributed by atoms with Crippen molar-refractivity contribution in [3.05, 3.63) is 57.5 Å². The Hall–Kier alpha value is -2.39. The van der Waals surface area contributed by atoms with E-state index in [1.807, 2.05) is 0 Å². The zero-order valence-electron chi connectivity index (χ0n) is 13.5. The van der Waals surface area contributed by atoms with E-state index in [1.165, 1.54) is 12.1 Å². The molecule has 0 fully saturated rings.